The monoisotopic (exact) mass is 316 g/mol. The number of aromatic carboxylic acids is 1. The third kappa shape index (κ3) is 2.49. The van der Waals surface area contributed by atoms with Crippen LogP contribution in [0.5, 0.6) is 0 Å². The van der Waals surface area contributed by atoms with Gasteiger partial charge in [-0.2, -0.15) is 0 Å². The molecule has 1 aromatic heterocycles. The topological polar surface area (TPSA) is 71.8 Å². The van der Waals surface area contributed by atoms with Crippen LogP contribution in [0.15, 0.2) is 12.1 Å². The van der Waals surface area contributed by atoms with Gasteiger partial charge < -0.3 is 19.3 Å². The van der Waals surface area contributed by atoms with Crippen molar-refractivity contribution in [1.82, 2.24) is 9.47 Å². The molecule has 23 heavy (non-hydrogen) atoms. The van der Waals surface area contributed by atoms with Crippen LogP contribution < -0.4 is 0 Å². The van der Waals surface area contributed by atoms with Crippen LogP contribution in [-0.2, 0) is 29.0 Å². The van der Waals surface area contributed by atoms with E-state index in [0.717, 1.165) is 36.2 Å². The summed E-state index contributed by atoms with van der Waals surface area (Å²) in [5.74, 6) is -1.34. The van der Waals surface area contributed by atoms with Crippen molar-refractivity contribution in [1.29, 1.82) is 0 Å². The third-order valence-electron chi connectivity index (χ3n) is 4.54. The number of fused-ring (bicyclic) bond motifs is 3. The van der Waals surface area contributed by atoms with Crippen LogP contribution in [-0.4, -0.2) is 47.2 Å². The molecule has 0 spiro atoms. The Hall–Kier alpha value is -2.34. The lowest BCUT2D eigenvalue weighted by molar-refractivity contribution is -0.141. The minimum absolute atomic E-state index is 0.0375. The number of ether oxygens (including phenoxy) is 1. The Labute approximate surface area is 134 Å². The average molecular weight is 316 g/mol. The Morgan fingerprint density at radius 3 is 2.74 bits per heavy atom. The number of rotatable bonds is 3. The molecule has 0 bridgehead atoms. The summed E-state index contributed by atoms with van der Waals surface area (Å²) >= 11 is 0. The number of hydrogen-bond acceptors (Lipinski definition) is 4. The molecular formula is C17H20N2O4. The summed E-state index contributed by atoms with van der Waals surface area (Å²) in [6, 6.07) is 3.80. The van der Waals surface area contributed by atoms with Crippen molar-refractivity contribution in [2.24, 2.45) is 0 Å². The summed E-state index contributed by atoms with van der Waals surface area (Å²) in [7, 11) is 3.39. The van der Waals surface area contributed by atoms with Crippen LogP contribution in [0.3, 0.4) is 0 Å². The molecule has 6 heteroatoms. The van der Waals surface area contributed by atoms with Crippen LogP contribution in [0, 0.1) is 6.92 Å². The van der Waals surface area contributed by atoms with Gasteiger partial charge in [0, 0.05) is 30.6 Å². The second-order valence-electron chi connectivity index (χ2n) is 6.03. The highest BCUT2D eigenvalue weighted by atomic mass is 16.5. The third-order valence-corrected chi connectivity index (χ3v) is 4.54. The second-order valence-corrected chi connectivity index (χ2v) is 6.03. The molecule has 0 atom stereocenters. The predicted molar refractivity (Wildman–Crippen MR) is 85.7 cm³/mol. The highest BCUT2D eigenvalue weighted by Gasteiger charge is 2.27. The van der Waals surface area contributed by atoms with E-state index in [1.807, 2.05) is 23.7 Å². The highest BCUT2D eigenvalue weighted by molar-refractivity contribution is 6.05. The van der Waals surface area contributed by atoms with E-state index in [2.05, 4.69) is 4.90 Å². The number of aryl methyl sites for hydroxylation is 1. The zero-order valence-electron chi connectivity index (χ0n) is 13.5. The molecule has 2 heterocycles. The van der Waals surface area contributed by atoms with Gasteiger partial charge >= 0.3 is 11.9 Å². The Balaban J connectivity index is 2.35. The fourth-order valence-electron chi connectivity index (χ4n) is 3.42. The maximum absolute atomic E-state index is 11.8. The van der Waals surface area contributed by atoms with Crippen LogP contribution in [0.25, 0.3) is 10.9 Å². The van der Waals surface area contributed by atoms with E-state index in [0.29, 0.717) is 11.1 Å². The number of benzene rings is 1. The molecule has 0 radical (unpaired) electrons. The van der Waals surface area contributed by atoms with Crippen LogP contribution in [0.4, 0.5) is 0 Å². The van der Waals surface area contributed by atoms with Crippen LogP contribution in [0.1, 0.15) is 27.2 Å². The van der Waals surface area contributed by atoms with Gasteiger partial charge in [0.05, 0.1) is 18.2 Å². The van der Waals surface area contributed by atoms with Crippen molar-refractivity contribution in [2.45, 2.75) is 26.4 Å². The fourth-order valence-corrected chi connectivity index (χ4v) is 3.42. The Morgan fingerprint density at radius 1 is 1.35 bits per heavy atom. The number of aromatic nitrogens is 1. The van der Waals surface area contributed by atoms with E-state index in [4.69, 9.17) is 4.74 Å². The summed E-state index contributed by atoms with van der Waals surface area (Å²) in [6.45, 7) is 3.45. The first-order chi connectivity index (χ1) is 10.9. The lowest BCUT2D eigenvalue weighted by Crippen LogP contribution is -2.28. The minimum Gasteiger partial charge on any atom is -0.478 e. The van der Waals surface area contributed by atoms with Gasteiger partial charge in [0.15, 0.2) is 0 Å². The molecular weight excluding hydrogens is 296 g/mol. The van der Waals surface area contributed by atoms with Gasteiger partial charge in [0.25, 0.3) is 0 Å². The molecule has 0 amide bonds. The summed E-state index contributed by atoms with van der Waals surface area (Å²) in [4.78, 5) is 25.8. The smallest absolute Gasteiger partial charge is 0.338 e. The van der Waals surface area contributed by atoms with E-state index in [-0.39, 0.29) is 18.1 Å². The van der Waals surface area contributed by atoms with E-state index in [9.17, 15) is 14.7 Å². The van der Waals surface area contributed by atoms with Crippen molar-refractivity contribution >= 4 is 22.8 Å². The Morgan fingerprint density at radius 2 is 2.09 bits per heavy atom. The zero-order chi connectivity index (χ0) is 16.7. The van der Waals surface area contributed by atoms with E-state index < -0.39 is 5.97 Å². The lowest BCUT2D eigenvalue weighted by atomic mass is 10.0. The highest BCUT2D eigenvalue weighted by Crippen LogP contribution is 2.34. The molecule has 1 aromatic carbocycles. The minimum atomic E-state index is -0.970. The Kier molecular flexibility index (Phi) is 3.85. The average Bonchev–Trinajstić information content (AvgIpc) is 2.80. The maximum atomic E-state index is 11.8. The van der Waals surface area contributed by atoms with Gasteiger partial charge in [0.1, 0.15) is 6.54 Å². The van der Waals surface area contributed by atoms with Gasteiger partial charge in [-0.1, -0.05) is 12.1 Å². The largest absolute Gasteiger partial charge is 0.478 e. The first-order valence-electron chi connectivity index (χ1n) is 7.56. The number of carbonyl (C=O) groups is 2. The number of methoxy groups -OCH3 is 1. The first-order valence-corrected chi connectivity index (χ1v) is 7.56. The maximum Gasteiger partial charge on any atom is 0.338 e. The summed E-state index contributed by atoms with van der Waals surface area (Å²) in [5, 5.41) is 10.6. The predicted octanol–water partition coefficient (Wildman–Crippen LogP) is 1.81. The molecule has 3 rings (SSSR count). The van der Waals surface area contributed by atoms with Crippen LogP contribution in [0.2, 0.25) is 0 Å². The van der Waals surface area contributed by atoms with Crippen LogP contribution >= 0.6 is 0 Å². The number of carboxylic acids is 1. The number of carbonyl (C=O) groups excluding carboxylic acids is 1. The van der Waals surface area contributed by atoms with Crippen molar-refractivity contribution in [3.63, 3.8) is 0 Å². The summed E-state index contributed by atoms with van der Waals surface area (Å²) in [6.07, 6.45) is 0.787. The molecule has 122 valence electrons. The molecule has 1 N–H and O–H groups in total. The van der Waals surface area contributed by atoms with Crippen molar-refractivity contribution < 1.29 is 19.4 Å². The van der Waals surface area contributed by atoms with Gasteiger partial charge in [-0.15, -0.1) is 0 Å². The van der Waals surface area contributed by atoms with Gasteiger partial charge in [-0.25, -0.2) is 4.79 Å². The van der Waals surface area contributed by atoms with Gasteiger partial charge in [-0.05, 0) is 25.1 Å². The summed E-state index contributed by atoms with van der Waals surface area (Å²) < 4.78 is 6.63. The molecule has 2 aromatic rings. The van der Waals surface area contributed by atoms with E-state index >= 15 is 0 Å². The second kappa shape index (κ2) is 5.70. The Bertz CT molecular complexity index is 807. The quantitative estimate of drug-likeness (QED) is 0.874. The SMILES string of the molecule is COC(=O)Cn1c2c(c3ccc(C)c(C(=O)O)c31)CN(C)CC2. The van der Waals surface area contributed by atoms with Gasteiger partial charge in [0.2, 0.25) is 0 Å². The number of nitrogens with zero attached hydrogens (tertiary/aromatic N) is 2. The molecule has 0 saturated carbocycles. The fraction of sp³-hybridized carbons (Fsp3) is 0.412. The van der Waals surface area contributed by atoms with Gasteiger partial charge in [-0.3, -0.25) is 4.79 Å². The lowest BCUT2D eigenvalue weighted by Gasteiger charge is -2.24. The van der Waals surface area contributed by atoms with E-state index in [1.165, 1.54) is 7.11 Å². The molecule has 0 unspecified atom stereocenters. The van der Waals surface area contributed by atoms with Crippen molar-refractivity contribution in [3.8, 4) is 0 Å². The number of carboxylic acid groups (broad SMARTS) is 1. The molecule has 0 fully saturated rings. The molecule has 1 aliphatic heterocycles. The zero-order valence-corrected chi connectivity index (χ0v) is 13.5. The number of likely N-dealkylation sites (N-methyl/N-ethyl adjacent to an activating group) is 1. The van der Waals surface area contributed by atoms with E-state index in [1.54, 1.807) is 6.92 Å². The number of esters is 1. The first kappa shape index (κ1) is 15.6. The molecule has 0 aliphatic carbocycles. The molecule has 6 nitrogen and oxygen atoms in total. The van der Waals surface area contributed by atoms with Crippen molar-refractivity contribution in [2.75, 3.05) is 20.7 Å². The molecule has 1 aliphatic rings. The normalized spacial score (nSPS) is 14.7. The molecule has 0 saturated heterocycles. The summed E-state index contributed by atoms with van der Waals surface area (Å²) in [5.41, 5.74) is 3.74. The number of hydrogen-bond donors (Lipinski definition) is 1. The van der Waals surface area contributed by atoms with Crippen molar-refractivity contribution in [3.05, 3.63) is 34.5 Å². The standard InChI is InChI=1S/C17H20N2O4/c1-10-4-5-11-12-8-18(2)7-6-13(12)19(9-14(20)23-3)16(11)15(10)17(21)22/h4-5H,6-9H2,1-3H3,(H,21,22).